The Balaban J connectivity index is 2.06. The van der Waals surface area contributed by atoms with Crippen LogP contribution in [-0.4, -0.2) is 29.6 Å². The Morgan fingerprint density at radius 3 is 2.88 bits per heavy atom. The molecule has 0 bridgehead atoms. The number of nitrogens with zero attached hydrogens (tertiary/aromatic N) is 3. The van der Waals surface area contributed by atoms with Crippen LogP contribution in [0.4, 0.5) is 11.8 Å². The van der Waals surface area contributed by atoms with E-state index in [9.17, 15) is 0 Å². The van der Waals surface area contributed by atoms with E-state index in [0.29, 0.717) is 0 Å². The average molecular weight is 234 g/mol. The second kappa shape index (κ2) is 5.84. The van der Waals surface area contributed by atoms with Crippen molar-refractivity contribution in [3.8, 4) is 0 Å². The fraction of sp³-hybridized carbons (Fsp3) is 0.692. The molecule has 1 heterocycles. The summed E-state index contributed by atoms with van der Waals surface area (Å²) in [4.78, 5) is 11.2. The van der Waals surface area contributed by atoms with Crippen LogP contribution < -0.4 is 10.2 Å². The summed E-state index contributed by atoms with van der Waals surface area (Å²) in [5, 5.41) is 3.16. The molecule has 0 spiro atoms. The minimum Gasteiger partial charge on any atom is -0.356 e. The van der Waals surface area contributed by atoms with Crippen molar-refractivity contribution < 1.29 is 0 Å². The summed E-state index contributed by atoms with van der Waals surface area (Å²) in [6.45, 7) is 7.37. The van der Waals surface area contributed by atoms with Crippen LogP contribution in [0.5, 0.6) is 0 Å². The Bertz CT molecular complexity index is 349. The summed E-state index contributed by atoms with van der Waals surface area (Å²) in [6, 6.07) is 2.01. The van der Waals surface area contributed by atoms with Gasteiger partial charge in [0.2, 0.25) is 5.95 Å². The zero-order chi connectivity index (χ0) is 12.1. The monoisotopic (exact) mass is 234 g/mol. The van der Waals surface area contributed by atoms with Gasteiger partial charge in [0.1, 0.15) is 5.82 Å². The third-order valence-corrected chi connectivity index (χ3v) is 2.97. The Labute approximate surface area is 103 Å². The molecular formula is C13H22N4. The highest BCUT2D eigenvalue weighted by atomic mass is 15.2. The standard InChI is InChI=1S/C13H22N4/c1-3-9-17(10-11-5-6-11)12-7-8-15-13(16-12)14-4-2/h7-8,11H,3-6,9-10H2,1-2H3,(H,14,15,16). The SMILES string of the molecule is CCCN(CC1CC1)c1ccnc(NCC)n1. The second-order valence-electron chi connectivity index (χ2n) is 4.66. The van der Waals surface area contributed by atoms with Gasteiger partial charge >= 0.3 is 0 Å². The van der Waals surface area contributed by atoms with Crippen molar-refractivity contribution in [2.45, 2.75) is 33.1 Å². The molecule has 0 amide bonds. The van der Waals surface area contributed by atoms with E-state index in [1.165, 1.54) is 12.8 Å². The molecule has 0 unspecified atom stereocenters. The molecule has 1 saturated carbocycles. The first-order chi connectivity index (χ1) is 8.33. The lowest BCUT2D eigenvalue weighted by Crippen LogP contribution is -2.27. The van der Waals surface area contributed by atoms with Gasteiger partial charge in [0.25, 0.3) is 0 Å². The summed E-state index contributed by atoms with van der Waals surface area (Å²) in [7, 11) is 0. The molecule has 0 aromatic carbocycles. The van der Waals surface area contributed by atoms with Crippen LogP contribution in [-0.2, 0) is 0 Å². The predicted molar refractivity (Wildman–Crippen MR) is 71.4 cm³/mol. The van der Waals surface area contributed by atoms with Gasteiger partial charge in [-0.25, -0.2) is 4.98 Å². The first-order valence-corrected chi connectivity index (χ1v) is 6.65. The van der Waals surface area contributed by atoms with Crippen molar-refractivity contribution in [1.29, 1.82) is 0 Å². The van der Waals surface area contributed by atoms with Gasteiger partial charge in [-0.3, -0.25) is 0 Å². The van der Waals surface area contributed by atoms with Crippen LogP contribution >= 0.6 is 0 Å². The van der Waals surface area contributed by atoms with Crippen molar-refractivity contribution in [2.75, 3.05) is 29.9 Å². The minimum atomic E-state index is 0.738. The van der Waals surface area contributed by atoms with Crippen molar-refractivity contribution in [3.63, 3.8) is 0 Å². The second-order valence-corrected chi connectivity index (χ2v) is 4.66. The molecule has 1 N–H and O–H groups in total. The maximum absolute atomic E-state index is 4.57. The number of hydrogen-bond acceptors (Lipinski definition) is 4. The van der Waals surface area contributed by atoms with Gasteiger partial charge in [-0.05, 0) is 38.2 Å². The molecule has 1 aliphatic carbocycles. The van der Waals surface area contributed by atoms with Gasteiger partial charge in [-0.15, -0.1) is 0 Å². The molecule has 0 aliphatic heterocycles. The van der Waals surface area contributed by atoms with Gasteiger partial charge < -0.3 is 10.2 Å². The molecular weight excluding hydrogens is 212 g/mol. The summed E-state index contributed by atoms with van der Waals surface area (Å²) in [5.74, 6) is 2.69. The van der Waals surface area contributed by atoms with Gasteiger partial charge in [-0.1, -0.05) is 6.92 Å². The quantitative estimate of drug-likeness (QED) is 0.787. The molecule has 2 rings (SSSR count). The Kier molecular flexibility index (Phi) is 4.18. The van der Waals surface area contributed by atoms with Crippen LogP contribution in [0.2, 0.25) is 0 Å². The van der Waals surface area contributed by atoms with Gasteiger partial charge in [0.05, 0.1) is 0 Å². The Hall–Kier alpha value is -1.32. The molecule has 4 heteroatoms. The van der Waals surface area contributed by atoms with E-state index in [1.807, 2.05) is 12.3 Å². The lowest BCUT2D eigenvalue weighted by Gasteiger charge is -2.23. The number of hydrogen-bond donors (Lipinski definition) is 1. The third-order valence-electron chi connectivity index (χ3n) is 2.97. The minimum absolute atomic E-state index is 0.738. The van der Waals surface area contributed by atoms with Crippen molar-refractivity contribution in [1.82, 2.24) is 9.97 Å². The van der Waals surface area contributed by atoms with Crippen LogP contribution in [0.15, 0.2) is 12.3 Å². The van der Waals surface area contributed by atoms with Crippen LogP contribution in [0.3, 0.4) is 0 Å². The van der Waals surface area contributed by atoms with E-state index in [4.69, 9.17) is 0 Å². The lowest BCUT2D eigenvalue weighted by atomic mass is 10.3. The maximum atomic E-state index is 4.57. The molecule has 17 heavy (non-hydrogen) atoms. The van der Waals surface area contributed by atoms with E-state index < -0.39 is 0 Å². The number of anilines is 2. The smallest absolute Gasteiger partial charge is 0.224 e. The first-order valence-electron chi connectivity index (χ1n) is 6.65. The molecule has 4 nitrogen and oxygen atoms in total. The molecule has 1 aromatic heterocycles. The van der Waals surface area contributed by atoms with Crippen molar-refractivity contribution >= 4 is 11.8 Å². The normalized spacial score (nSPS) is 14.7. The van der Waals surface area contributed by atoms with Crippen molar-refractivity contribution in [2.24, 2.45) is 5.92 Å². The summed E-state index contributed by atoms with van der Waals surface area (Å²) in [5.41, 5.74) is 0. The number of aromatic nitrogens is 2. The first kappa shape index (κ1) is 12.1. The van der Waals surface area contributed by atoms with E-state index in [2.05, 4.69) is 34.0 Å². The van der Waals surface area contributed by atoms with Gasteiger partial charge in [-0.2, -0.15) is 4.98 Å². The van der Waals surface area contributed by atoms with Gasteiger partial charge in [0, 0.05) is 25.8 Å². The molecule has 0 radical (unpaired) electrons. The molecule has 0 saturated heterocycles. The van der Waals surface area contributed by atoms with E-state index in [-0.39, 0.29) is 0 Å². The van der Waals surface area contributed by atoms with Crippen LogP contribution in [0, 0.1) is 5.92 Å². The maximum Gasteiger partial charge on any atom is 0.224 e. The number of rotatable bonds is 7. The molecule has 1 fully saturated rings. The zero-order valence-electron chi connectivity index (χ0n) is 10.8. The largest absolute Gasteiger partial charge is 0.356 e. The summed E-state index contributed by atoms with van der Waals surface area (Å²) in [6.07, 6.45) is 5.76. The predicted octanol–water partition coefficient (Wildman–Crippen LogP) is 2.53. The van der Waals surface area contributed by atoms with Crippen LogP contribution in [0.25, 0.3) is 0 Å². The zero-order valence-corrected chi connectivity index (χ0v) is 10.8. The van der Waals surface area contributed by atoms with Crippen molar-refractivity contribution in [3.05, 3.63) is 12.3 Å². The fourth-order valence-electron chi connectivity index (χ4n) is 1.95. The lowest BCUT2D eigenvalue weighted by molar-refractivity contribution is 0.698. The highest BCUT2D eigenvalue weighted by Crippen LogP contribution is 2.31. The van der Waals surface area contributed by atoms with Crippen LogP contribution in [0.1, 0.15) is 33.1 Å². The molecule has 0 atom stereocenters. The summed E-state index contributed by atoms with van der Waals surface area (Å²) < 4.78 is 0. The van der Waals surface area contributed by atoms with E-state index in [0.717, 1.165) is 43.7 Å². The molecule has 1 aliphatic rings. The third kappa shape index (κ3) is 3.58. The fourth-order valence-corrected chi connectivity index (χ4v) is 1.95. The average Bonchev–Trinajstić information content (AvgIpc) is 3.13. The Morgan fingerprint density at radius 1 is 1.41 bits per heavy atom. The highest BCUT2D eigenvalue weighted by molar-refractivity contribution is 5.42. The molecule has 94 valence electrons. The van der Waals surface area contributed by atoms with E-state index in [1.54, 1.807) is 0 Å². The number of nitrogens with one attached hydrogen (secondary N) is 1. The highest BCUT2D eigenvalue weighted by Gasteiger charge is 2.24. The van der Waals surface area contributed by atoms with Gasteiger partial charge in [0.15, 0.2) is 0 Å². The topological polar surface area (TPSA) is 41.1 Å². The van der Waals surface area contributed by atoms with E-state index >= 15 is 0 Å². The molecule has 1 aromatic rings. The summed E-state index contributed by atoms with van der Waals surface area (Å²) >= 11 is 0. The Morgan fingerprint density at radius 2 is 2.24 bits per heavy atom.